The number of fused-ring (bicyclic) bond motifs is 1. The summed E-state index contributed by atoms with van der Waals surface area (Å²) in [4.78, 5) is 5.27. The van der Waals surface area contributed by atoms with E-state index in [4.69, 9.17) is 4.42 Å². The smallest absolute Gasteiger partial charge is 0.194 e. The summed E-state index contributed by atoms with van der Waals surface area (Å²) in [6.07, 6.45) is 3.56. The molecule has 0 amide bonds. The number of nitrogens with zero attached hydrogens (tertiary/aromatic N) is 1. The molecular weight excluding hydrogens is 275 g/mol. The fraction of sp³-hybridized carbons (Fsp3) is 0.267. The van der Waals surface area contributed by atoms with Crippen LogP contribution in [0.15, 0.2) is 34.9 Å². The SMILES string of the molecule is CNCCCc1ncc(-c2cc3ccc(F)cc3s2)o1. The Labute approximate surface area is 120 Å². The van der Waals surface area contributed by atoms with Crippen LogP contribution in [0.5, 0.6) is 0 Å². The molecule has 104 valence electrons. The number of oxazole rings is 1. The number of aryl methyl sites for hydroxylation is 1. The van der Waals surface area contributed by atoms with E-state index >= 15 is 0 Å². The summed E-state index contributed by atoms with van der Waals surface area (Å²) in [5.41, 5.74) is 0. The van der Waals surface area contributed by atoms with Crippen molar-refractivity contribution < 1.29 is 8.81 Å². The van der Waals surface area contributed by atoms with Gasteiger partial charge in [-0.15, -0.1) is 11.3 Å². The van der Waals surface area contributed by atoms with Gasteiger partial charge in [-0.2, -0.15) is 0 Å². The molecule has 0 radical (unpaired) electrons. The van der Waals surface area contributed by atoms with E-state index in [1.54, 1.807) is 18.3 Å². The first-order valence-corrected chi connectivity index (χ1v) is 7.36. The molecule has 0 aliphatic carbocycles. The number of hydrogen-bond donors (Lipinski definition) is 1. The maximum Gasteiger partial charge on any atom is 0.194 e. The van der Waals surface area contributed by atoms with Crippen molar-refractivity contribution in [2.24, 2.45) is 0 Å². The van der Waals surface area contributed by atoms with Crippen molar-refractivity contribution in [2.45, 2.75) is 12.8 Å². The van der Waals surface area contributed by atoms with Crippen molar-refractivity contribution in [3.63, 3.8) is 0 Å². The van der Waals surface area contributed by atoms with Gasteiger partial charge in [0.05, 0.1) is 11.1 Å². The Morgan fingerprint density at radius 2 is 2.25 bits per heavy atom. The lowest BCUT2D eigenvalue weighted by molar-refractivity contribution is 0.496. The van der Waals surface area contributed by atoms with Gasteiger partial charge in [0.2, 0.25) is 0 Å². The van der Waals surface area contributed by atoms with Crippen molar-refractivity contribution in [1.29, 1.82) is 0 Å². The van der Waals surface area contributed by atoms with Crippen LogP contribution in [0.1, 0.15) is 12.3 Å². The van der Waals surface area contributed by atoms with E-state index in [0.717, 1.165) is 46.0 Å². The fourth-order valence-corrected chi connectivity index (χ4v) is 3.12. The standard InChI is InChI=1S/C15H15FN2OS/c1-17-6-2-3-15-18-9-12(19-15)14-7-10-4-5-11(16)8-13(10)20-14/h4-5,7-9,17H,2-3,6H2,1H3. The maximum absolute atomic E-state index is 13.2. The molecule has 3 rings (SSSR count). The predicted molar refractivity (Wildman–Crippen MR) is 79.5 cm³/mol. The lowest BCUT2D eigenvalue weighted by Gasteiger charge is -1.95. The largest absolute Gasteiger partial charge is 0.440 e. The number of aromatic nitrogens is 1. The molecule has 2 aromatic heterocycles. The second kappa shape index (κ2) is 5.73. The summed E-state index contributed by atoms with van der Waals surface area (Å²) in [5.74, 6) is 1.29. The van der Waals surface area contributed by atoms with Gasteiger partial charge >= 0.3 is 0 Å². The number of benzene rings is 1. The van der Waals surface area contributed by atoms with E-state index in [0.29, 0.717) is 0 Å². The van der Waals surface area contributed by atoms with Crippen LogP contribution in [0.4, 0.5) is 4.39 Å². The molecule has 0 saturated carbocycles. The Hall–Kier alpha value is -1.72. The van der Waals surface area contributed by atoms with Gasteiger partial charge < -0.3 is 9.73 Å². The molecule has 0 saturated heterocycles. The van der Waals surface area contributed by atoms with E-state index in [2.05, 4.69) is 10.3 Å². The number of halogens is 1. The second-order valence-electron chi connectivity index (χ2n) is 4.62. The van der Waals surface area contributed by atoms with Crippen molar-refractivity contribution in [3.05, 3.63) is 42.2 Å². The van der Waals surface area contributed by atoms with Crippen LogP contribution in [0.3, 0.4) is 0 Å². The first-order chi connectivity index (χ1) is 9.76. The Balaban J connectivity index is 1.83. The van der Waals surface area contributed by atoms with E-state index in [1.807, 2.05) is 13.1 Å². The van der Waals surface area contributed by atoms with E-state index in [-0.39, 0.29) is 5.82 Å². The van der Waals surface area contributed by atoms with Gasteiger partial charge in [-0.05, 0) is 43.6 Å². The highest BCUT2D eigenvalue weighted by Crippen LogP contribution is 2.34. The molecule has 3 nitrogen and oxygen atoms in total. The zero-order chi connectivity index (χ0) is 13.9. The van der Waals surface area contributed by atoms with Gasteiger partial charge in [-0.3, -0.25) is 0 Å². The molecule has 0 aliphatic heterocycles. The Bertz CT molecular complexity index is 720. The Morgan fingerprint density at radius 1 is 1.35 bits per heavy atom. The average molecular weight is 290 g/mol. The summed E-state index contributed by atoms with van der Waals surface area (Å²) in [6, 6.07) is 6.82. The van der Waals surface area contributed by atoms with Gasteiger partial charge in [0.25, 0.3) is 0 Å². The fourth-order valence-electron chi connectivity index (χ4n) is 2.08. The van der Waals surface area contributed by atoms with Crippen molar-refractivity contribution in [1.82, 2.24) is 10.3 Å². The van der Waals surface area contributed by atoms with E-state index < -0.39 is 0 Å². The Kier molecular flexibility index (Phi) is 3.80. The van der Waals surface area contributed by atoms with Crippen LogP contribution in [0, 0.1) is 5.82 Å². The van der Waals surface area contributed by atoms with Crippen LogP contribution in [0.25, 0.3) is 20.7 Å². The zero-order valence-corrected chi connectivity index (χ0v) is 12.0. The molecular formula is C15H15FN2OS. The molecule has 1 aromatic carbocycles. The monoisotopic (exact) mass is 290 g/mol. The summed E-state index contributed by atoms with van der Waals surface area (Å²) < 4.78 is 19.9. The molecule has 0 fully saturated rings. The molecule has 2 heterocycles. The minimum absolute atomic E-state index is 0.212. The quantitative estimate of drug-likeness (QED) is 0.725. The molecule has 0 unspecified atom stereocenters. The van der Waals surface area contributed by atoms with Crippen LogP contribution in [-0.4, -0.2) is 18.6 Å². The second-order valence-corrected chi connectivity index (χ2v) is 5.70. The highest BCUT2D eigenvalue weighted by molar-refractivity contribution is 7.22. The van der Waals surface area contributed by atoms with Crippen LogP contribution < -0.4 is 5.32 Å². The van der Waals surface area contributed by atoms with Crippen LogP contribution in [-0.2, 0) is 6.42 Å². The lowest BCUT2D eigenvalue weighted by Crippen LogP contribution is -2.08. The first kappa shape index (κ1) is 13.3. The number of thiophene rings is 1. The first-order valence-electron chi connectivity index (χ1n) is 6.55. The highest BCUT2D eigenvalue weighted by Gasteiger charge is 2.10. The van der Waals surface area contributed by atoms with E-state index in [9.17, 15) is 4.39 Å². The van der Waals surface area contributed by atoms with Gasteiger partial charge in [0.1, 0.15) is 5.82 Å². The highest BCUT2D eigenvalue weighted by atomic mass is 32.1. The third-order valence-electron chi connectivity index (χ3n) is 3.10. The minimum Gasteiger partial charge on any atom is -0.440 e. The summed E-state index contributed by atoms with van der Waals surface area (Å²) in [5, 5.41) is 4.12. The zero-order valence-electron chi connectivity index (χ0n) is 11.1. The van der Waals surface area contributed by atoms with E-state index in [1.165, 1.54) is 17.4 Å². The van der Waals surface area contributed by atoms with Crippen LogP contribution >= 0.6 is 11.3 Å². The third-order valence-corrected chi connectivity index (χ3v) is 4.21. The molecule has 3 aromatic rings. The van der Waals surface area contributed by atoms with Gasteiger partial charge in [-0.1, -0.05) is 6.07 Å². The lowest BCUT2D eigenvalue weighted by atomic mass is 10.2. The molecule has 20 heavy (non-hydrogen) atoms. The topological polar surface area (TPSA) is 38.1 Å². The molecule has 0 spiro atoms. The Morgan fingerprint density at radius 3 is 3.10 bits per heavy atom. The summed E-state index contributed by atoms with van der Waals surface area (Å²) in [6.45, 7) is 0.944. The minimum atomic E-state index is -0.212. The predicted octanol–water partition coefficient (Wildman–Crippen LogP) is 3.85. The number of rotatable bonds is 5. The van der Waals surface area contributed by atoms with Gasteiger partial charge in [0.15, 0.2) is 11.7 Å². The normalized spacial score (nSPS) is 11.3. The summed E-state index contributed by atoms with van der Waals surface area (Å²) >= 11 is 1.52. The average Bonchev–Trinajstić information content (AvgIpc) is 3.04. The molecule has 0 aliphatic rings. The number of nitrogens with one attached hydrogen (secondary N) is 1. The van der Waals surface area contributed by atoms with Crippen molar-refractivity contribution in [2.75, 3.05) is 13.6 Å². The van der Waals surface area contributed by atoms with Gasteiger partial charge in [-0.25, -0.2) is 9.37 Å². The van der Waals surface area contributed by atoms with Crippen molar-refractivity contribution >= 4 is 21.4 Å². The molecule has 1 N–H and O–H groups in total. The van der Waals surface area contributed by atoms with Gasteiger partial charge in [0, 0.05) is 11.1 Å². The van der Waals surface area contributed by atoms with Crippen molar-refractivity contribution in [3.8, 4) is 10.6 Å². The third kappa shape index (κ3) is 2.73. The van der Waals surface area contributed by atoms with Crippen LogP contribution in [0.2, 0.25) is 0 Å². The molecule has 0 atom stereocenters. The maximum atomic E-state index is 13.2. The summed E-state index contributed by atoms with van der Waals surface area (Å²) in [7, 11) is 1.93. The number of hydrogen-bond acceptors (Lipinski definition) is 4. The molecule has 0 bridgehead atoms. The molecule has 5 heteroatoms.